The van der Waals surface area contributed by atoms with Gasteiger partial charge in [0, 0.05) is 10.9 Å². The third-order valence-corrected chi connectivity index (χ3v) is 3.10. The third-order valence-electron chi connectivity index (χ3n) is 2.41. The summed E-state index contributed by atoms with van der Waals surface area (Å²) in [7, 11) is 0. The molecule has 0 saturated carbocycles. The molecule has 2 aromatic heterocycles. The topological polar surface area (TPSA) is 79.5 Å². The fourth-order valence-corrected chi connectivity index (χ4v) is 2.12. The zero-order valence-corrected chi connectivity index (χ0v) is 10.7. The van der Waals surface area contributed by atoms with E-state index in [1.165, 1.54) is 0 Å². The third kappa shape index (κ3) is 3.14. The molecule has 0 radical (unpaired) electrons. The van der Waals surface area contributed by atoms with Crippen molar-refractivity contribution in [3.05, 3.63) is 22.7 Å². The minimum absolute atomic E-state index is 0.0351. The highest BCUT2D eigenvalue weighted by Crippen LogP contribution is 2.18. The minimum atomic E-state index is -0.866. The molecule has 6 nitrogen and oxygen atoms in total. The Bertz CT molecular complexity index is 509. The average molecular weight is 267 g/mol. The smallest absolute Gasteiger partial charge is 0.317 e. The van der Waals surface area contributed by atoms with Crippen molar-refractivity contribution in [1.29, 1.82) is 0 Å². The van der Waals surface area contributed by atoms with Gasteiger partial charge in [-0.15, -0.1) is 0 Å². The van der Waals surface area contributed by atoms with Gasteiger partial charge >= 0.3 is 5.97 Å². The van der Waals surface area contributed by atoms with Gasteiger partial charge in [-0.2, -0.15) is 16.3 Å². The molecule has 0 aromatic carbocycles. The quantitative estimate of drug-likeness (QED) is 0.858. The van der Waals surface area contributed by atoms with E-state index in [1.54, 1.807) is 16.2 Å². The van der Waals surface area contributed by atoms with Crippen molar-refractivity contribution in [2.75, 3.05) is 13.1 Å². The van der Waals surface area contributed by atoms with Crippen molar-refractivity contribution in [3.8, 4) is 11.4 Å². The predicted molar refractivity (Wildman–Crippen MR) is 66.2 cm³/mol. The highest BCUT2D eigenvalue weighted by atomic mass is 32.1. The maximum Gasteiger partial charge on any atom is 0.317 e. The lowest BCUT2D eigenvalue weighted by atomic mass is 10.3. The van der Waals surface area contributed by atoms with Crippen molar-refractivity contribution < 1.29 is 14.4 Å². The zero-order chi connectivity index (χ0) is 13.0. The first kappa shape index (κ1) is 12.7. The first-order valence-electron chi connectivity index (χ1n) is 5.48. The molecule has 0 bridgehead atoms. The van der Waals surface area contributed by atoms with Crippen LogP contribution in [0.5, 0.6) is 0 Å². The lowest BCUT2D eigenvalue weighted by Crippen LogP contribution is -2.29. The molecule has 0 aliphatic rings. The van der Waals surface area contributed by atoms with Gasteiger partial charge in [0.25, 0.3) is 0 Å². The number of likely N-dealkylation sites (N-methyl/N-ethyl adjacent to an activating group) is 1. The molecule has 7 heteroatoms. The Balaban J connectivity index is 2.04. The van der Waals surface area contributed by atoms with Gasteiger partial charge in [-0.25, -0.2) is 0 Å². The van der Waals surface area contributed by atoms with Crippen LogP contribution in [-0.4, -0.2) is 39.2 Å². The molecular weight excluding hydrogens is 254 g/mol. The number of carbonyl (C=O) groups is 1. The van der Waals surface area contributed by atoms with Crippen LogP contribution in [0.2, 0.25) is 0 Å². The van der Waals surface area contributed by atoms with Gasteiger partial charge in [0.2, 0.25) is 11.7 Å². The summed E-state index contributed by atoms with van der Waals surface area (Å²) in [4.78, 5) is 16.6. The monoisotopic (exact) mass is 267 g/mol. The highest BCUT2D eigenvalue weighted by molar-refractivity contribution is 7.08. The summed E-state index contributed by atoms with van der Waals surface area (Å²) >= 11 is 1.56. The van der Waals surface area contributed by atoms with E-state index >= 15 is 0 Å². The molecule has 1 N–H and O–H groups in total. The Labute approximate surface area is 108 Å². The van der Waals surface area contributed by atoms with E-state index in [4.69, 9.17) is 9.63 Å². The Hall–Kier alpha value is -1.73. The number of carboxylic acids is 1. The SMILES string of the molecule is CCN(CC(=O)O)Cc1nc(-c2ccsc2)no1. The number of aromatic nitrogens is 2. The van der Waals surface area contributed by atoms with E-state index in [1.807, 2.05) is 23.8 Å². The van der Waals surface area contributed by atoms with Crippen molar-refractivity contribution in [2.45, 2.75) is 13.5 Å². The molecule has 0 saturated heterocycles. The second-order valence-electron chi connectivity index (χ2n) is 3.72. The highest BCUT2D eigenvalue weighted by Gasteiger charge is 2.14. The van der Waals surface area contributed by atoms with Crippen LogP contribution >= 0.6 is 11.3 Å². The lowest BCUT2D eigenvalue weighted by Gasteiger charge is -2.14. The van der Waals surface area contributed by atoms with Crippen LogP contribution in [0.1, 0.15) is 12.8 Å². The summed E-state index contributed by atoms with van der Waals surface area (Å²) in [6.07, 6.45) is 0. The summed E-state index contributed by atoms with van der Waals surface area (Å²) in [6.45, 7) is 2.81. The van der Waals surface area contributed by atoms with E-state index in [0.29, 0.717) is 24.8 Å². The second-order valence-corrected chi connectivity index (χ2v) is 4.50. The fraction of sp³-hybridized carbons (Fsp3) is 0.364. The maximum atomic E-state index is 10.6. The normalized spacial score (nSPS) is 11.0. The molecule has 0 aliphatic heterocycles. The number of hydrogen-bond donors (Lipinski definition) is 1. The molecule has 0 amide bonds. The predicted octanol–water partition coefficient (Wildman–Crippen LogP) is 1.70. The van der Waals surface area contributed by atoms with Gasteiger partial charge in [0.1, 0.15) is 0 Å². The van der Waals surface area contributed by atoms with Crippen LogP contribution in [0.3, 0.4) is 0 Å². The molecule has 0 spiro atoms. The number of hydrogen-bond acceptors (Lipinski definition) is 6. The first-order chi connectivity index (χ1) is 8.69. The Morgan fingerprint density at radius 2 is 2.44 bits per heavy atom. The minimum Gasteiger partial charge on any atom is -0.480 e. The molecule has 0 atom stereocenters. The molecule has 18 heavy (non-hydrogen) atoms. The molecule has 96 valence electrons. The van der Waals surface area contributed by atoms with E-state index in [-0.39, 0.29) is 6.54 Å². The standard InChI is InChI=1S/C11H13N3O3S/c1-2-14(6-10(15)16)5-9-12-11(13-17-9)8-3-4-18-7-8/h3-4,7H,2,5-6H2,1H3,(H,15,16). The van der Waals surface area contributed by atoms with Crippen molar-refractivity contribution >= 4 is 17.3 Å². The summed E-state index contributed by atoms with van der Waals surface area (Å²) in [6, 6.07) is 1.91. The molecule has 2 rings (SSSR count). The van der Waals surface area contributed by atoms with Crippen molar-refractivity contribution in [3.63, 3.8) is 0 Å². The molecule has 0 unspecified atom stereocenters. The summed E-state index contributed by atoms with van der Waals surface area (Å²) in [5.74, 6) is 0.103. The number of nitrogens with zero attached hydrogens (tertiary/aromatic N) is 3. The molecule has 2 heterocycles. The average Bonchev–Trinajstić information content (AvgIpc) is 2.97. The van der Waals surface area contributed by atoms with Gasteiger partial charge in [0.05, 0.1) is 13.1 Å². The van der Waals surface area contributed by atoms with Gasteiger partial charge < -0.3 is 9.63 Å². The maximum absolute atomic E-state index is 10.6. The summed E-state index contributed by atoms with van der Waals surface area (Å²) in [5.41, 5.74) is 0.913. The van der Waals surface area contributed by atoms with E-state index in [0.717, 1.165) is 5.56 Å². The number of aliphatic carboxylic acids is 1. The van der Waals surface area contributed by atoms with Gasteiger partial charge in [0.15, 0.2) is 0 Å². The van der Waals surface area contributed by atoms with Gasteiger partial charge in [-0.05, 0) is 18.0 Å². The largest absolute Gasteiger partial charge is 0.480 e. The van der Waals surface area contributed by atoms with Crippen LogP contribution < -0.4 is 0 Å². The molecule has 2 aromatic rings. The number of carboxylic acid groups (broad SMARTS) is 1. The van der Waals surface area contributed by atoms with E-state index < -0.39 is 5.97 Å². The Kier molecular flexibility index (Phi) is 4.06. The number of thiophene rings is 1. The lowest BCUT2D eigenvalue weighted by molar-refractivity contribution is -0.138. The van der Waals surface area contributed by atoms with Crippen LogP contribution in [0, 0.1) is 0 Å². The fourth-order valence-electron chi connectivity index (χ4n) is 1.49. The van der Waals surface area contributed by atoms with E-state index in [2.05, 4.69) is 10.1 Å². The molecule has 0 aliphatic carbocycles. The second kappa shape index (κ2) is 5.74. The Morgan fingerprint density at radius 1 is 1.61 bits per heavy atom. The van der Waals surface area contributed by atoms with Gasteiger partial charge in [-0.3, -0.25) is 9.69 Å². The van der Waals surface area contributed by atoms with E-state index in [9.17, 15) is 4.79 Å². The molecular formula is C11H13N3O3S. The van der Waals surface area contributed by atoms with Gasteiger partial charge in [-0.1, -0.05) is 12.1 Å². The zero-order valence-electron chi connectivity index (χ0n) is 9.87. The van der Waals surface area contributed by atoms with Crippen LogP contribution in [0.15, 0.2) is 21.3 Å². The number of rotatable bonds is 6. The first-order valence-corrected chi connectivity index (χ1v) is 6.42. The van der Waals surface area contributed by atoms with Crippen LogP contribution in [0.25, 0.3) is 11.4 Å². The molecule has 0 fully saturated rings. The van der Waals surface area contributed by atoms with Crippen LogP contribution in [-0.2, 0) is 11.3 Å². The van der Waals surface area contributed by atoms with Crippen LogP contribution in [0.4, 0.5) is 0 Å². The summed E-state index contributed by atoms with van der Waals surface area (Å²) in [5, 5.41) is 16.5. The van der Waals surface area contributed by atoms with Crippen molar-refractivity contribution in [2.24, 2.45) is 0 Å². The van der Waals surface area contributed by atoms with Crippen molar-refractivity contribution in [1.82, 2.24) is 15.0 Å². The Morgan fingerprint density at radius 3 is 3.06 bits per heavy atom. The summed E-state index contributed by atoms with van der Waals surface area (Å²) < 4.78 is 5.11.